The van der Waals surface area contributed by atoms with E-state index in [1.54, 1.807) is 0 Å². The lowest BCUT2D eigenvalue weighted by Gasteiger charge is -2.35. The zero-order chi connectivity index (χ0) is 12.0. The highest BCUT2D eigenvalue weighted by Gasteiger charge is 2.35. The fourth-order valence-electron chi connectivity index (χ4n) is 2.40. The first-order chi connectivity index (χ1) is 7.63. The molecule has 0 aliphatic carbocycles. The monoisotopic (exact) mass is 246 g/mol. The fraction of sp³-hybridized carbons (Fsp3) is 1.00. The lowest BCUT2D eigenvalue weighted by Crippen LogP contribution is -2.46. The Balaban J connectivity index is 2.47. The molecular formula is C12H26N2OS. The van der Waals surface area contributed by atoms with Crippen LogP contribution in [0, 0.1) is 5.41 Å². The highest BCUT2D eigenvalue weighted by atomic mass is 32.2. The molecule has 1 N–H and O–H groups in total. The van der Waals surface area contributed by atoms with Crippen molar-refractivity contribution in [3.8, 4) is 0 Å². The van der Waals surface area contributed by atoms with E-state index in [9.17, 15) is 0 Å². The van der Waals surface area contributed by atoms with Gasteiger partial charge in [0.1, 0.15) is 0 Å². The van der Waals surface area contributed by atoms with E-state index in [4.69, 9.17) is 4.74 Å². The predicted octanol–water partition coefficient (Wildman–Crippen LogP) is 1.30. The Hall–Kier alpha value is 0.230. The van der Waals surface area contributed by atoms with Crippen LogP contribution in [0.2, 0.25) is 0 Å². The topological polar surface area (TPSA) is 24.5 Å². The smallest absolute Gasteiger partial charge is 0.0547 e. The van der Waals surface area contributed by atoms with Crippen molar-refractivity contribution in [2.75, 3.05) is 52.4 Å². The third-order valence-corrected chi connectivity index (χ3v) is 4.30. The number of thioether (sulfide) groups is 1. The number of ether oxygens (including phenoxy) is 1. The SMILES string of the molecule is CNCC1(CN(C)C(C)CSC)CCOC1. The molecule has 0 amide bonds. The predicted molar refractivity (Wildman–Crippen MR) is 72.3 cm³/mol. The Morgan fingerprint density at radius 2 is 2.31 bits per heavy atom. The standard InChI is InChI=1S/C12H26N2OS/c1-11(7-16-4)14(3)9-12(8-13-2)5-6-15-10-12/h11,13H,5-10H2,1-4H3. The lowest BCUT2D eigenvalue weighted by atomic mass is 9.86. The van der Waals surface area contributed by atoms with E-state index < -0.39 is 0 Å². The molecule has 16 heavy (non-hydrogen) atoms. The van der Waals surface area contributed by atoms with Crippen LogP contribution in [0.25, 0.3) is 0 Å². The number of rotatable bonds is 7. The van der Waals surface area contributed by atoms with Crippen molar-refractivity contribution in [2.24, 2.45) is 5.41 Å². The number of nitrogens with one attached hydrogen (secondary N) is 1. The summed E-state index contributed by atoms with van der Waals surface area (Å²) in [6, 6.07) is 0.643. The lowest BCUT2D eigenvalue weighted by molar-refractivity contribution is 0.110. The summed E-state index contributed by atoms with van der Waals surface area (Å²) in [6.07, 6.45) is 3.36. The van der Waals surface area contributed by atoms with Crippen molar-refractivity contribution < 1.29 is 4.74 Å². The van der Waals surface area contributed by atoms with E-state index in [1.807, 2.05) is 18.8 Å². The maximum absolute atomic E-state index is 5.58. The number of hydrogen-bond donors (Lipinski definition) is 1. The molecule has 1 heterocycles. The average molecular weight is 246 g/mol. The molecule has 0 aromatic rings. The van der Waals surface area contributed by atoms with Gasteiger partial charge in [-0.1, -0.05) is 0 Å². The number of nitrogens with zero attached hydrogens (tertiary/aromatic N) is 1. The first-order valence-electron chi connectivity index (χ1n) is 6.05. The van der Waals surface area contributed by atoms with E-state index >= 15 is 0 Å². The van der Waals surface area contributed by atoms with E-state index in [0.29, 0.717) is 11.5 Å². The molecule has 0 aromatic carbocycles. The van der Waals surface area contributed by atoms with Crippen LogP contribution in [0.3, 0.4) is 0 Å². The first kappa shape index (κ1) is 14.3. The van der Waals surface area contributed by atoms with Gasteiger partial charge in [0.25, 0.3) is 0 Å². The van der Waals surface area contributed by atoms with Gasteiger partial charge in [0.05, 0.1) is 6.61 Å². The third-order valence-electron chi connectivity index (χ3n) is 3.48. The fourth-order valence-corrected chi connectivity index (χ4v) is 3.13. The van der Waals surface area contributed by atoms with Crippen LogP contribution in [-0.2, 0) is 4.74 Å². The third kappa shape index (κ3) is 3.91. The minimum atomic E-state index is 0.330. The van der Waals surface area contributed by atoms with Gasteiger partial charge in [-0.15, -0.1) is 0 Å². The van der Waals surface area contributed by atoms with Crippen LogP contribution in [0.1, 0.15) is 13.3 Å². The van der Waals surface area contributed by atoms with E-state index in [1.165, 1.54) is 12.2 Å². The van der Waals surface area contributed by atoms with Crippen LogP contribution in [0.15, 0.2) is 0 Å². The molecular weight excluding hydrogens is 220 g/mol. The molecule has 96 valence electrons. The van der Waals surface area contributed by atoms with Gasteiger partial charge in [-0.3, -0.25) is 0 Å². The van der Waals surface area contributed by atoms with E-state index in [2.05, 4.69) is 30.4 Å². The Kier molecular flexibility index (Phi) is 6.11. The summed E-state index contributed by atoms with van der Waals surface area (Å²) < 4.78 is 5.58. The summed E-state index contributed by atoms with van der Waals surface area (Å²) in [6.45, 7) is 6.33. The molecule has 1 aliphatic heterocycles. The molecule has 0 aromatic heterocycles. The quantitative estimate of drug-likeness (QED) is 0.732. The van der Waals surface area contributed by atoms with Gasteiger partial charge in [0.15, 0.2) is 0 Å². The maximum atomic E-state index is 5.58. The van der Waals surface area contributed by atoms with Crippen LogP contribution in [-0.4, -0.2) is 63.3 Å². The molecule has 0 spiro atoms. The van der Waals surface area contributed by atoms with Crippen molar-refractivity contribution in [3.05, 3.63) is 0 Å². The van der Waals surface area contributed by atoms with E-state index in [-0.39, 0.29) is 0 Å². The van der Waals surface area contributed by atoms with Gasteiger partial charge < -0.3 is 15.0 Å². The Labute approximate surface area is 104 Å². The summed E-state index contributed by atoms with van der Waals surface area (Å²) in [4.78, 5) is 2.47. The van der Waals surface area contributed by atoms with Crippen molar-refractivity contribution in [1.29, 1.82) is 0 Å². The molecule has 1 fully saturated rings. The second-order valence-corrected chi connectivity index (χ2v) is 5.96. The van der Waals surface area contributed by atoms with Gasteiger partial charge >= 0.3 is 0 Å². The Morgan fingerprint density at radius 1 is 1.56 bits per heavy atom. The minimum absolute atomic E-state index is 0.330. The number of hydrogen-bond acceptors (Lipinski definition) is 4. The summed E-state index contributed by atoms with van der Waals surface area (Å²) in [5.41, 5.74) is 0.330. The molecule has 0 saturated carbocycles. The second-order valence-electron chi connectivity index (χ2n) is 5.05. The molecule has 2 unspecified atom stereocenters. The zero-order valence-electron chi connectivity index (χ0n) is 11.1. The normalized spacial score (nSPS) is 27.6. The summed E-state index contributed by atoms with van der Waals surface area (Å²) in [5.74, 6) is 1.20. The molecule has 1 aliphatic rings. The summed E-state index contributed by atoms with van der Waals surface area (Å²) in [7, 11) is 4.27. The molecule has 1 saturated heterocycles. The molecule has 3 nitrogen and oxygen atoms in total. The minimum Gasteiger partial charge on any atom is -0.381 e. The second kappa shape index (κ2) is 6.84. The van der Waals surface area contributed by atoms with Gasteiger partial charge in [0.2, 0.25) is 0 Å². The Bertz CT molecular complexity index is 195. The maximum Gasteiger partial charge on any atom is 0.0547 e. The van der Waals surface area contributed by atoms with Crippen LogP contribution in [0.5, 0.6) is 0 Å². The average Bonchev–Trinajstić information content (AvgIpc) is 2.67. The highest BCUT2D eigenvalue weighted by molar-refractivity contribution is 7.98. The van der Waals surface area contributed by atoms with Crippen molar-refractivity contribution in [1.82, 2.24) is 10.2 Å². The van der Waals surface area contributed by atoms with Crippen molar-refractivity contribution in [3.63, 3.8) is 0 Å². The van der Waals surface area contributed by atoms with Crippen molar-refractivity contribution >= 4 is 11.8 Å². The molecule has 4 heteroatoms. The molecule has 0 radical (unpaired) electrons. The van der Waals surface area contributed by atoms with Crippen LogP contribution < -0.4 is 5.32 Å². The van der Waals surface area contributed by atoms with Crippen LogP contribution in [0.4, 0.5) is 0 Å². The Morgan fingerprint density at radius 3 is 2.81 bits per heavy atom. The highest BCUT2D eigenvalue weighted by Crippen LogP contribution is 2.29. The zero-order valence-corrected chi connectivity index (χ0v) is 11.9. The molecule has 0 bridgehead atoms. The summed E-state index contributed by atoms with van der Waals surface area (Å²) >= 11 is 1.92. The van der Waals surface area contributed by atoms with Gasteiger partial charge in [-0.25, -0.2) is 0 Å². The first-order valence-corrected chi connectivity index (χ1v) is 7.44. The van der Waals surface area contributed by atoms with Gasteiger partial charge in [-0.2, -0.15) is 11.8 Å². The van der Waals surface area contributed by atoms with Gasteiger partial charge in [-0.05, 0) is 33.7 Å². The largest absolute Gasteiger partial charge is 0.381 e. The van der Waals surface area contributed by atoms with Crippen LogP contribution >= 0.6 is 11.8 Å². The summed E-state index contributed by atoms with van der Waals surface area (Å²) in [5, 5.41) is 3.31. The van der Waals surface area contributed by atoms with E-state index in [0.717, 1.165) is 26.3 Å². The van der Waals surface area contributed by atoms with Gasteiger partial charge in [0, 0.05) is 36.9 Å². The molecule has 1 rings (SSSR count). The molecule has 2 atom stereocenters. The van der Waals surface area contributed by atoms with Crippen molar-refractivity contribution in [2.45, 2.75) is 19.4 Å².